The van der Waals surface area contributed by atoms with Gasteiger partial charge in [-0.3, -0.25) is 19.7 Å². The van der Waals surface area contributed by atoms with Crippen LogP contribution in [0.4, 0.5) is 15.2 Å². The minimum absolute atomic E-state index is 0.0170. The van der Waals surface area contributed by atoms with Crippen molar-refractivity contribution < 1.29 is 18.8 Å². The third-order valence-corrected chi connectivity index (χ3v) is 8.19. The molecule has 0 aliphatic heterocycles. The van der Waals surface area contributed by atoms with Gasteiger partial charge in [-0.15, -0.1) is 22.0 Å². The summed E-state index contributed by atoms with van der Waals surface area (Å²) in [5, 5.41) is 16.9. The Hall–Kier alpha value is -5.13. The number of nitrogens with zero attached hydrogens (tertiary/aromatic N) is 2. The molecule has 0 fully saturated rings. The summed E-state index contributed by atoms with van der Waals surface area (Å²) in [6.45, 7) is 1.82. The van der Waals surface area contributed by atoms with Crippen molar-refractivity contribution in [3.05, 3.63) is 142 Å². The fourth-order valence-corrected chi connectivity index (χ4v) is 5.66. The van der Waals surface area contributed by atoms with E-state index in [9.17, 15) is 18.8 Å². The van der Waals surface area contributed by atoms with E-state index < -0.39 is 22.9 Å². The minimum atomic E-state index is -0.570. The van der Waals surface area contributed by atoms with Crippen LogP contribution in [0, 0.1) is 12.7 Å². The number of anilines is 2. The Morgan fingerprint density at radius 1 is 0.818 bits per heavy atom. The van der Waals surface area contributed by atoms with Crippen LogP contribution in [0.5, 0.6) is 0 Å². The zero-order chi connectivity index (χ0) is 30.9. The predicted octanol–water partition coefficient (Wildman–Crippen LogP) is 6.87. The number of carbonyl (C=O) groups excluding carboxylic acids is 3. The van der Waals surface area contributed by atoms with E-state index in [2.05, 4.69) is 26.1 Å². The maximum absolute atomic E-state index is 13.5. The second kappa shape index (κ2) is 14.4. The average molecular weight is 624 g/mol. The van der Waals surface area contributed by atoms with Gasteiger partial charge in [-0.05, 0) is 72.7 Å². The number of carbonyl (C=O) groups is 3. The van der Waals surface area contributed by atoms with Crippen LogP contribution in [0.15, 0.2) is 120 Å². The van der Waals surface area contributed by atoms with Gasteiger partial charge >= 0.3 is 0 Å². The quantitative estimate of drug-likeness (QED) is 0.116. The summed E-state index contributed by atoms with van der Waals surface area (Å²) in [5.74, 6) is -1.68. The molecule has 1 heterocycles. The van der Waals surface area contributed by atoms with Gasteiger partial charge in [0.1, 0.15) is 21.8 Å². The van der Waals surface area contributed by atoms with Gasteiger partial charge in [0, 0.05) is 16.1 Å². The highest BCUT2D eigenvalue weighted by Gasteiger charge is 2.23. The first-order chi connectivity index (χ1) is 21.3. The van der Waals surface area contributed by atoms with Crippen molar-refractivity contribution in [3.63, 3.8) is 0 Å². The van der Waals surface area contributed by atoms with Crippen molar-refractivity contribution in [2.75, 3.05) is 10.6 Å². The molecule has 0 spiro atoms. The number of amides is 3. The van der Waals surface area contributed by atoms with E-state index in [-0.39, 0.29) is 11.6 Å². The lowest BCUT2D eigenvalue weighted by Crippen LogP contribution is -2.30. The van der Waals surface area contributed by atoms with E-state index in [4.69, 9.17) is 0 Å². The Bertz CT molecular complexity index is 1780. The molecule has 11 heteroatoms. The summed E-state index contributed by atoms with van der Waals surface area (Å²) >= 11 is 2.65. The predicted molar refractivity (Wildman–Crippen MR) is 172 cm³/mol. The highest BCUT2D eigenvalue weighted by Crippen LogP contribution is 2.37. The van der Waals surface area contributed by atoms with Crippen LogP contribution in [0.3, 0.4) is 0 Å². The van der Waals surface area contributed by atoms with Gasteiger partial charge in [-0.2, -0.15) is 0 Å². The number of aromatic nitrogens is 2. The second-order valence-electron chi connectivity index (χ2n) is 9.43. The lowest BCUT2D eigenvalue weighted by atomic mass is 10.1. The molecular formula is C33H26FN5O3S2. The van der Waals surface area contributed by atoms with Gasteiger partial charge in [0.25, 0.3) is 11.8 Å². The maximum atomic E-state index is 13.5. The van der Waals surface area contributed by atoms with Crippen LogP contribution in [0.25, 0.3) is 6.08 Å². The van der Waals surface area contributed by atoms with E-state index >= 15 is 0 Å². The molecule has 0 aliphatic carbocycles. The summed E-state index contributed by atoms with van der Waals surface area (Å²) in [6.07, 6.45) is 1.47. The van der Waals surface area contributed by atoms with Gasteiger partial charge in [0.05, 0.1) is 0 Å². The summed E-state index contributed by atoms with van der Waals surface area (Å²) in [5.41, 5.74) is 2.19. The lowest BCUT2D eigenvalue weighted by Gasteiger charge is -2.16. The molecule has 0 aliphatic rings. The fraction of sp³-hybridized carbons (Fsp3) is 0.0606. The fourth-order valence-electron chi connectivity index (χ4n) is 4.04. The van der Waals surface area contributed by atoms with Crippen LogP contribution in [0.1, 0.15) is 31.7 Å². The number of benzene rings is 4. The molecule has 0 bridgehead atoms. The number of halogens is 1. The number of hydrogen-bond acceptors (Lipinski definition) is 7. The summed E-state index contributed by atoms with van der Waals surface area (Å²) in [4.78, 5) is 40.2. The summed E-state index contributed by atoms with van der Waals surface area (Å²) in [7, 11) is 0. The molecule has 44 heavy (non-hydrogen) atoms. The van der Waals surface area contributed by atoms with Crippen molar-refractivity contribution in [3.8, 4) is 0 Å². The van der Waals surface area contributed by atoms with E-state index in [1.807, 2.05) is 37.3 Å². The van der Waals surface area contributed by atoms with E-state index in [0.717, 1.165) is 15.5 Å². The third-order valence-electron chi connectivity index (χ3n) is 6.17. The van der Waals surface area contributed by atoms with Crippen LogP contribution in [-0.2, 0) is 9.59 Å². The van der Waals surface area contributed by atoms with Crippen molar-refractivity contribution in [2.24, 2.45) is 0 Å². The monoisotopic (exact) mass is 623 g/mol. The maximum Gasteiger partial charge on any atom is 0.272 e. The number of thioether (sulfide) groups is 1. The van der Waals surface area contributed by atoms with Crippen molar-refractivity contribution >= 4 is 57.7 Å². The Morgan fingerprint density at radius 2 is 1.48 bits per heavy atom. The molecule has 1 unspecified atom stereocenters. The van der Waals surface area contributed by atoms with Gasteiger partial charge in [-0.1, -0.05) is 72.0 Å². The van der Waals surface area contributed by atoms with Gasteiger partial charge < -0.3 is 10.6 Å². The number of rotatable bonds is 10. The molecule has 0 saturated carbocycles. The average Bonchev–Trinajstić information content (AvgIpc) is 3.46. The first kappa shape index (κ1) is 30.3. The van der Waals surface area contributed by atoms with Crippen molar-refractivity contribution in [1.29, 1.82) is 0 Å². The Kier molecular flexibility index (Phi) is 9.90. The van der Waals surface area contributed by atoms with Gasteiger partial charge in [0.15, 0.2) is 0 Å². The molecule has 3 N–H and O–H groups in total. The van der Waals surface area contributed by atoms with Crippen LogP contribution < -0.4 is 16.0 Å². The van der Waals surface area contributed by atoms with E-state index in [1.165, 1.54) is 53.4 Å². The summed E-state index contributed by atoms with van der Waals surface area (Å²) in [6, 6.07) is 30.5. The molecular weight excluding hydrogens is 598 g/mol. The highest BCUT2D eigenvalue weighted by molar-refractivity contribution is 8.00. The third kappa shape index (κ3) is 8.24. The van der Waals surface area contributed by atoms with Gasteiger partial charge in [-0.25, -0.2) is 4.39 Å². The minimum Gasteiger partial charge on any atom is -0.321 e. The second-order valence-corrected chi connectivity index (χ2v) is 11.8. The van der Waals surface area contributed by atoms with Crippen LogP contribution in [-0.4, -0.2) is 27.9 Å². The molecule has 8 nitrogen and oxygen atoms in total. The van der Waals surface area contributed by atoms with E-state index in [0.29, 0.717) is 21.9 Å². The molecule has 4 aromatic carbocycles. The van der Waals surface area contributed by atoms with Crippen LogP contribution in [0.2, 0.25) is 0 Å². The van der Waals surface area contributed by atoms with E-state index in [1.54, 1.807) is 54.6 Å². The smallest absolute Gasteiger partial charge is 0.272 e. The highest BCUT2D eigenvalue weighted by atomic mass is 32.2. The molecule has 0 saturated heterocycles. The molecule has 5 rings (SSSR count). The normalized spacial score (nSPS) is 11.8. The standard InChI is InChI=1S/C33H26FN5O3S2/c1-21-38-39-33(43-21)37-32(42)29(23-8-4-2-5-9-23)44-27-18-16-26(17-19-27)35-31(41)28(20-22-12-14-25(34)15-13-22)36-30(40)24-10-6-3-7-11-24/h2-20,29H,1H3,(H,35,41)(H,36,40)(H,37,39,42)/b28-20-. The first-order valence-electron chi connectivity index (χ1n) is 13.4. The lowest BCUT2D eigenvalue weighted by molar-refractivity contribution is -0.116. The zero-order valence-electron chi connectivity index (χ0n) is 23.4. The number of aryl methyl sites for hydroxylation is 1. The molecule has 0 radical (unpaired) electrons. The Morgan fingerprint density at radius 3 is 2.11 bits per heavy atom. The number of nitrogens with one attached hydrogen (secondary N) is 3. The zero-order valence-corrected chi connectivity index (χ0v) is 25.0. The Balaban J connectivity index is 1.32. The summed E-state index contributed by atoms with van der Waals surface area (Å²) < 4.78 is 13.5. The first-order valence-corrected chi connectivity index (χ1v) is 15.1. The van der Waals surface area contributed by atoms with Gasteiger partial charge in [0.2, 0.25) is 11.0 Å². The largest absolute Gasteiger partial charge is 0.321 e. The van der Waals surface area contributed by atoms with Crippen LogP contribution >= 0.6 is 23.1 Å². The van der Waals surface area contributed by atoms with Crippen molar-refractivity contribution in [1.82, 2.24) is 15.5 Å². The number of hydrogen-bond donors (Lipinski definition) is 3. The SMILES string of the molecule is Cc1nnc(NC(=O)C(Sc2ccc(NC(=O)/C(=C/c3ccc(F)cc3)NC(=O)c3ccccc3)cc2)c2ccccc2)s1. The molecule has 220 valence electrons. The molecule has 1 aromatic heterocycles. The molecule has 1 atom stereocenters. The molecule has 3 amide bonds. The topological polar surface area (TPSA) is 113 Å². The Labute approximate surface area is 261 Å². The van der Waals surface area contributed by atoms with Crippen molar-refractivity contribution in [2.45, 2.75) is 17.1 Å². The molecule has 5 aromatic rings.